The molecule has 17 heavy (non-hydrogen) atoms. The second-order valence-corrected chi connectivity index (χ2v) is 5.40. The van der Waals surface area contributed by atoms with Crippen LogP contribution in [0.4, 0.5) is 0 Å². The Labute approximate surface area is 104 Å². The quantitative estimate of drug-likeness (QED) is 0.751. The first kappa shape index (κ1) is 12.8. The summed E-state index contributed by atoms with van der Waals surface area (Å²) >= 11 is 0. The third-order valence-corrected chi connectivity index (χ3v) is 4.36. The lowest BCUT2D eigenvalue weighted by atomic mass is 9.81. The molecule has 4 nitrogen and oxygen atoms in total. The summed E-state index contributed by atoms with van der Waals surface area (Å²) in [5, 5.41) is 3.34. The van der Waals surface area contributed by atoms with Crippen LogP contribution in [0.25, 0.3) is 0 Å². The van der Waals surface area contributed by atoms with Gasteiger partial charge in [0.25, 0.3) is 0 Å². The zero-order valence-corrected chi connectivity index (χ0v) is 10.7. The second-order valence-electron chi connectivity index (χ2n) is 5.40. The lowest BCUT2D eigenvalue weighted by molar-refractivity contribution is -0.132. The van der Waals surface area contributed by atoms with Crippen LogP contribution in [0.1, 0.15) is 44.9 Å². The molecule has 4 heteroatoms. The Kier molecular flexibility index (Phi) is 4.40. The fourth-order valence-corrected chi connectivity index (χ4v) is 3.30. The van der Waals surface area contributed by atoms with Gasteiger partial charge in [0.15, 0.2) is 0 Å². The van der Waals surface area contributed by atoms with Crippen LogP contribution in [-0.2, 0) is 4.79 Å². The van der Waals surface area contributed by atoms with E-state index in [4.69, 9.17) is 5.73 Å². The van der Waals surface area contributed by atoms with Crippen LogP contribution in [0.15, 0.2) is 0 Å². The molecule has 2 aliphatic rings. The molecule has 0 unspecified atom stereocenters. The minimum Gasteiger partial charge on any atom is -0.368 e. The summed E-state index contributed by atoms with van der Waals surface area (Å²) in [5.41, 5.74) is 5.41. The Morgan fingerprint density at radius 3 is 2.06 bits per heavy atom. The summed E-state index contributed by atoms with van der Waals surface area (Å²) in [5.74, 6) is -0.0960. The number of hydrogen-bond donors (Lipinski definition) is 2. The van der Waals surface area contributed by atoms with Gasteiger partial charge in [0, 0.05) is 26.2 Å². The van der Waals surface area contributed by atoms with Crippen molar-refractivity contribution in [2.24, 2.45) is 5.73 Å². The average Bonchev–Trinajstić information content (AvgIpc) is 2.30. The fraction of sp³-hybridized carbons (Fsp3) is 0.923. The van der Waals surface area contributed by atoms with E-state index < -0.39 is 0 Å². The van der Waals surface area contributed by atoms with Gasteiger partial charge in [0.2, 0.25) is 5.91 Å². The zero-order chi connectivity index (χ0) is 12.1. The van der Waals surface area contributed by atoms with Crippen molar-refractivity contribution in [3.8, 4) is 0 Å². The van der Waals surface area contributed by atoms with E-state index in [1.165, 1.54) is 19.3 Å². The van der Waals surface area contributed by atoms with Gasteiger partial charge < -0.3 is 11.1 Å². The number of carbonyl (C=O) groups is 1. The minimum atomic E-state index is -0.345. The molecule has 1 saturated heterocycles. The molecular formula is C13H25N3O. The first-order valence-electron chi connectivity index (χ1n) is 7.01. The molecule has 1 aliphatic carbocycles. The van der Waals surface area contributed by atoms with Crippen LogP contribution in [0.2, 0.25) is 0 Å². The minimum absolute atomic E-state index is 0.0960. The molecule has 98 valence electrons. The molecular weight excluding hydrogens is 214 g/mol. The number of nitrogens with one attached hydrogen (secondary N) is 1. The van der Waals surface area contributed by atoms with Crippen molar-refractivity contribution >= 4 is 5.91 Å². The van der Waals surface area contributed by atoms with Crippen LogP contribution in [0, 0.1) is 0 Å². The Balaban J connectivity index is 2.12. The molecule has 1 aliphatic heterocycles. The second kappa shape index (κ2) is 5.83. The monoisotopic (exact) mass is 239 g/mol. The number of carbonyl (C=O) groups excluding carboxylic acids is 1. The van der Waals surface area contributed by atoms with E-state index in [-0.39, 0.29) is 11.4 Å². The molecule has 0 atom stereocenters. The zero-order valence-electron chi connectivity index (χ0n) is 10.7. The molecule has 0 bridgehead atoms. The van der Waals surface area contributed by atoms with Gasteiger partial charge in [0.05, 0.1) is 0 Å². The molecule has 3 N–H and O–H groups in total. The molecule has 0 radical (unpaired) electrons. The van der Waals surface area contributed by atoms with Gasteiger partial charge in [-0.25, -0.2) is 0 Å². The largest absolute Gasteiger partial charge is 0.368 e. The molecule has 0 spiro atoms. The van der Waals surface area contributed by atoms with Gasteiger partial charge >= 0.3 is 0 Å². The number of nitrogens with zero attached hydrogens (tertiary/aromatic N) is 1. The normalized spacial score (nSPS) is 27.1. The molecule has 0 aromatic rings. The van der Waals surface area contributed by atoms with Gasteiger partial charge in [0.1, 0.15) is 5.54 Å². The van der Waals surface area contributed by atoms with Crippen LogP contribution in [0.5, 0.6) is 0 Å². The topological polar surface area (TPSA) is 58.4 Å². The Morgan fingerprint density at radius 2 is 1.53 bits per heavy atom. The van der Waals surface area contributed by atoms with Crippen LogP contribution in [-0.4, -0.2) is 42.5 Å². The van der Waals surface area contributed by atoms with E-state index in [1.54, 1.807) is 0 Å². The van der Waals surface area contributed by atoms with E-state index in [0.29, 0.717) is 0 Å². The van der Waals surface area contributed by atoms with Crippen molar-refractivity contribution < 1.29 is 4.79 Å². The van der Waals surface area contributed by atoms with Crippen molar-refractivity contribution in [2.45, 2.75) is 50.5 Å². The van der Waals surface area contributed by atoms with Crippen LogP contribution < -0.4 is 11.1 Å². The van der Waals surface area contributed by atoms with E-state index in [1.807, 2.05) is 0 Å². The van der Waals surface area contributed by atoms with Gasteiger partial charge in [-0.3, -0.25) is 9.69 Å². The van der Waals surface area contributed by atoms with Gasteiger partial charge in [-0.15, -0.1) is 0 Å². The lowest BCUT2D eigenvalue weighted by Crippen LogP contribution is -2.62. The van der Waals surface area contributed by atoms with E-state index in [2.05, 4.69) is 10.2 Å². The molecule has 1 heterocycles. The highest BCUT2D eigenvalue weighted by Gasteiger charge is 2.42. The number of rotatable bonds is 2. The summed E-state index contributed by atoms with van der Waals surface area (Å²) in [7, 11) is 0. The molecule has 1 amide bonds. The molecule has 2 fully saturated rings. The summed E-state index contributed by atoms with van der Waals surface area (Å²) in [6.07, 6.45) is 8.03. The Morgan fingerprint density at radius 1 is 1.00 bits per heavy atom. The smallest absolute Gasteiger partial charge is 0.237 e. The van der Waals surface area contributed by atoms with Crippen LogP contribution in [0.3, 0.4) is 0 Å². The van der Waals surface area contributed by atoms with Crippen molar-refractivity contribution in [2.75, 3.05) is 26.2 Å². The Hall–Kier alpha value is -0.610. The SMILES string of the molecule is NC(=O)C1(N2CCNCC2)CCCCCCC1. The number of amides is 1. The van der Waals surface area contributed by atoms with E-state index in [0.717, 1.165) is 51.9 Å². The van der Waals surface area contributed by atoms with Gasteiger partial charge in [-0.2, -0.15) is 0 Å². The summed E-state index contributed by atoms with van der Waals surface area (Å²) < 4.78 is 0. The van der Waals surface area contributed by atoms with Gasteiger partial charge in [-0.1, -0.05) is 32.1 Å². The number of nitrogens with two attached hydrogens (primary N) is 1. The maximum atomic E-state index is 12.0. The highest BCUT2D eigenvalue weighted by Crippen LogP contribution is 2.31. The third kappa shape index (κ3) is 2.80. The number of hydrogen-bond acceptors (Lipinski definition) is 3. The maximum absolute atomic E-state index is 12.0. The lowest BCUT2D eigenvalue weighted by Gasteiger charge is -2.44. The van der Waals surface area contributed by atoms with Crippen molar-refractivity contribution in [3.63, 3.8) is 0 Å². The first-order chi connectivity index (χ1) is 8.26. The standard InChI is InChI=1S/C13H25N3O/c14-12(17)13(16-10-8-15-9-11-16)6-4-2-1-3-5-7-13/h15H,1-11H2,(H2,14,17). The third-order valence-electron chi connectivity index (χ3n) is 4.36. The van der Waals surface area contributed by atoms with E-state index in [9.17, 15) is 4.79 Å². The van der Waals surface area contributed by atoms with Crippen molar-refractivity contribution in [1.29, 1.82) is 0 Å². The molecule has 0 aromatic carbocycles. The van der Waals surface area contributed by atoms with Crippen molar-refractivity contribution in [1.82, 2.24) is 10.2 Å². The predicted octanol–water partition coefficient (Wildman–Crippen LogP) is 0.860. The fourth-order valence-electron chi connectivity index (χ4n) is 3.30. The van der Waals surface area contributed by atoms with Crippen molar-refractivity contribution in [3.05, 3.63) is 0 Å². The Bertz CT molecular complexity index is 253. The molecule has 1 saturated carbocycles. The summed E-state index contributed by atoms with van der Waals surface area (Å²) in [6, 6.07) is 0. The van der Waals surface area contributed by atoms with Crippen LogP contribution >= 0.6 is 0 Å². The average molecular weight is 239 g/mol. The molecule has 0 aromatic heterocycles. The highest BCUT2D eigenvalue weighted by molar-refractivity contribution is 5.84. The molecule has 2 rings (SSSR count). The first-order valence-corrected chi connectivity index (χ1v) is 7.01. The highest BCUT2D eigenvalue weighted by atomic mass is 16.1. The number of primary amides is 1. The van der Waals surface area contributed by atoms with E-state index >= 15 is 0 Å². The predicted molar refractivity (Wildman–Crippen MR) is 68.7 cm³/mol. The maximum Gasteiger partial charge on any atom is 0.237 e. The summed E-state index contributed by atoms with van der Waals surface area (Å²) in [4.78, 5) is 14.3. The van der Waals surface area contributed by atoms with Gasteiger partial charge in [-0.05, 0) is 12.8 Å². The number of piperazine rings is 1. The summed E-state index contributed by atoms with van der Waals surface area (Å²) in [6.45, 7) is 3.88.